The molecule has 0 saturated carbocycles. The lowest BCUT2D eigenvalue weighted by Crippen LogP contribution is -2.29. The quantitative estimate of drug-likeness (QED) is 0.509. The van der Waals surface area contributed by atoms with Crippen LogP contribution >= 0.6 is 23.5 Å². The van der Waals surface area contributed by atoms with E-state index in [1.54, 1.807) is 16.7 Å². The Kier molecular flexibility index (Phi) is 6.62. The number of carbonyl (C=O) groups is 1. The van der Waals surface area contributed by atoms with E-state index < -0.39 is 0 Å². The molecule has 2 aliphatic heterocycles. The Morgan fingerprint density at radius 1 is 0.871 bits per heavy atom. The van der Waals surface area contributed by atoms with Gasteiger partial charge < -0.3 is 9.80 Å². The second-order valence-electron chi connectivity index (χ2n) is 7.18. The molecule has 0 aliphatic carbocycles. The van der Waals surface area contributed by atoms with E-state index in [1.807, 2.05) is 31.2 Å². The molecule has 162 valence electrons. The Morgan fingerprint density at radius 2 is 1.55 bits per heavy atom. The van der Waals surface area contributed by atoms with E-state index in [1.165, 1.54) is 28.0 Å². The maximum absolute atomic E-state index is 13.3. The molecule has 2 heterocycles. The zero-order chi connectivity index (χ0) is 22.0. The smallest absolute Gasteiger partial charge is 0.269 e. The van der Waals surface area contributed by atoms with Gasteiger partial charge in [-0.05, 0) is 75.9 Å². The second kappa shape index (κ2) is 9.40. The summed E-state index contributed by atoms with van der Waals surface area (Å²) in [7, 11) is 0. The van der Waals surface area contributed by atoms with Gasteiger partial charge in [0.2, 0.25) is 0 Å². The Bertz CT molecular complexity index is 1030. The van der Waals surface area contributed by atoms with E-state index in [-0.39, 0.29) is 5.91 Å². The number of hydrogen-bond acceptors (Lipinski definition) is 6. The molecule has 0 spiro atoms. The topological polar surface area (TPSA) is 39.2 Å². The van der Waals surface area contributed by atoms with Crippen molar-refractivity contribution in [1.29, 1.82) is 0 Å². The zero-order valence-electron chi connectivity index (χ0n) is 18.5. The lowest BCUT2D eigenvalue weighted by Gasteiger charge is -2.20. The van der Waals surface area contributed by atoms with Crippen LogP contribution in [0, 0.1) is 0 Å². The van der Waals surface area contributed by atoms with Crippen LogP contribution in [-0.4, -0.2) is 42.2 Å². The van der Waals surface area contributed by atoms with E-state index in [4.69, 9.17) is 4.99 Å². The first-order valence-electron chi connectivity index (χ1n) is 10.8. The lowest BCUT2D eigenvalue weighted by molar-refractivity contribution is -0.122. The Labute approximate surface area is 193 Å². The van der Waals surface area contributed by atoms with Crippen LogP contribution in [-0.2, 0) is 4.79 Å². The van der Waals surface area contributed by atoms with Gasteiger partial charge >= 0.3 is 0 Å². The van der Waals surface area contributed by atoms with Crippen molar-refractivity contribution in [2.24, 2.45) is 4.99 Å². The van der Waals surface area contributed by atoms with Crippen LogP contribution in [0.15, 0.2) is 68.4 Å². The van der Waals surface area contributed by atoms with Crippen LogP contribution in [0.2, 0.25) is 0 Å². The molecule has 0 aromatic heterocycles. The molecule has 1 fully saturated rings. The molecule has 0 unspecified atom stereocenters. The van der Waals surface area contributed by atoms with Gasteiger partial charge in [0.05, 0.1) is 11.4 Å². The summed E-state index contributed by atoms with van der Waals surface area (Å²) in [6.45, 7) is 11.8. The normalized spacial score (nSPS) is 19.5. The molecule has 7 heteroatoms. The van der Waals surface area contributed by atoms with Gasteiger partial charge in [-0.3, -0.25) is 9.69 Å². The molecule has 2 aromatic rings. The number of rotatable bonds is 6. The van der Waals surface area contributed by atoms with Crippen LogP contribution in [0.5, 0.6) is 0 Å². The molecule has 2 aromatic carbocycles. The summed E-state index contributed by atoms with van der Waals surface area (Å²) in [5, 5.41) is 1.76. The molecular weight excluding hydrogens is 424 g/mol. The number of amides is 1. The van der Waals surface area contributed by atoms with Gasteiger partial charge in [0, 0.05) is 36.8 Å². The number of benzene rings is 2. The third kappa shape index (κ3) is 4.08. The van der Waals surface area contributed by atoms with E-state index in [2.05, 4.69) is 54.8 Å². The number of carbonyl (C=O) groups excluding carboxylic acids is 1. The standard InChI is InChI=1S/C24H28N4OS2/c1-5-26(6-2)18-15-13-17(14-16-18)25-24-28(8-4)22(29)21(31-24)23-27(7-3)19-11-9-10-12-20(19)30-23/h9-16H,5-8H2,1-4H3/b23-21-,25-24?. The minimum Gasteiger partial charge on any atom is -0.372 e. The van der Waals surface area contributed by atoms with Crippen LogP contribution in [0.3, 0.4) is 0 Å². The van der Waals surface area contributed by atoms with Gasteiger partial charge in [0.25, 0.3) is 5.91 Å². The number of nitrogens with zero attached hydrogens (tertiary/aromatic N) is 4. The summed E-state index contributed by atoms with van der Waals surface area (Å²) in [6.07, 6.45) is 0. The van der Waals surface area contributed by atoms with Crippen molar-refractivity contribution >= 4 is 51.7 Å². The molecule has 0 atom stereocenters. The van der Waals surface area contributed by atoms with Crippen molar-refractivity contribution < 1.29 is 4.79 Å². The minimum atomic E-state index is 0.0415. The fraction of sp³-hybridized carbons (Fsp3) is 0.333. The van der Waals surface area contributed by atoms with Gasteiger partial charge in [0.1, 0.15) is 9.93 Å². The molecule has 0 bridgehead atoms. The number of aliphatic imine (C=N–C) groups is 1. The van der Waals surface area contributed by atoms with Gasteiger partial charge in [-0.2, -0.15) is 0 Å². The molecular formula is C24H28N4OS2. The van der Waals surface area contributed by atoms with Crippen molar-refractivity contribution in [1.82, 2.24) is 4.90 Å². The average molecular weight is 453 g/mol. The maximum Gasteiger partial charge on any atom is 0.269 e. The molecule has 0 radical (unpaired) electrons. The van der Waals surface area contributed by atoms with E-state index in [0.29, 0.717) is 6.54 Å². The summed E-state index contributed by atoms with van der Waals surface area (Å²) in [6, 6.07) is 16.6. The first kappa shape index (κ1) is 21.8. The lowest BCUT2D eigenvalue weighted by atomic mass is 10.2. The zero-order valence-corrected chi connectivity index (χ0v) is 20.1. The van der Waals surface area contributed by atoms with Gasteiger partial charge in [-0.15, -0.1) is 0 Å². The van der Waals surface area contributed by atoms with Gasteiger partial charge in [-0.1, -0.05) is 23.9 Å². The Hall–Kier alpha value is -2.38. The van der Waals surface area contributed by atoms with Crippen LogP contribution in [0.25, 0.3) is 0 Å². The van der Waals surface area contributed by atoms with Crippen molar-refractivity contribution in [2.45, 2.75) is 32.6 Å². The molecule has 31 heavy (non-hydrogen) atoms. The number of amidine groups is 1. The summed E-state index contributed by atoms with van der Waals surface area (Å²) in [5.74, 6) is 0.0415. The number of fused-ring (bicyclic) bond motifs is 1. The van der Waals surface area contributed by atoms with Gasteiger partial charge in [-0.25, -0.2) is 4.99 Å². The van der Waals surface area contributed by atoms with Crippen LogP contribution < -0.4 is 9.80 Å². The number of anilines is 2. The minimum absolute atomic E-state index is 0.0415. The molecule has 0 N–H and O–H groups in total. The van der Waals surface area contributed by atoms with E-state index >= 15 is 0 Å². The van der Waals surface area contributed by atoms with E-state index in [0.717, 1.165) is 40.4 Å². The maximum atomic E-state index is 13.3. The number of thioether (sulfide) groups is 2. The fourth-order valence-corrected chi connectivity index (χ4v) is 6.31. The van der Waals surface area contributed by atoms with Crippen LogP contribution in [0.1, 0.15) is 27.7 Å². The number of hydrogen-bond donors (Lipinski definition) is 0. The molecule has 2 aliphatic rings. The third-order valence-corrected chi connectivity index (χ3v) is 7.88. The predicted octanol–water partition coefficient (Wildman–Crippen LogP) is 5.92. The second-order valence-corrected chi connectivity index (χ2v) is 9.19. The first-order valence-corrected chi connectivity index (χ1v) is 12.5. The Morgan fingerprint density at radius 3 is 2.19 bits per heavy atom. The fourth-order valence-electron chi connectivity index (χ4n) is 3.85. The highest BCUT2D eigenvalue weighted by molar-refractivity contribution is 8.19. The number of likely N-dealkylation sites (N-methyl/N-ethyl adjacent to an activating group) is 1. The Balaban J connectivity index is 1.66. The van der Waals surface area contributed by atoms with Crippen molar-refractivity contribution in [2.75, 3.05) is 36.0 Å². The molecule has 5 nitrogen and oxygen atoms in total. The third-order valence-electron chi connectivity index (χ3n) is 5.50. The predicted molar refractivity (Wildman–Crippen MR) is 134 cm³/mol. The average Bonchev–Trinajstić information content (AvgIpc) is 3.32. The molecule has 1 saturated heterocycles. The van der Waals surface area contributed by atoms with Crippen molar-refractivity contribution in [3.63, 3.8) is 0 Å². The van der Waals surface area contributed by atoms with Crippen molar-refractivity contribution in [3.8, 4) is 0 Å². The number of para-hydroxylation sites is 1. The summed E-state index contributed by atoms with van der Waals surface area (Å²) in [4.78, 5) is 26.4. The largest absolute Gasteiger partial charge is 0.372 e. The van der Waals surface area contributed by atoms with Crippen molar-refractivity contribution in [3.05, 3.63) is 58.5 Å². The van der Waals surface area contributed by atoms with E-state index in [9.17, 15) is 4.79 Å². The first-order chi connectivity index (χ1) is 15.1. The van der Waals surface area contributed by atoms with Gasteiger partial charge in [0.15, 0.2) is 5.17 Å². The summed E-state index contributed by atoms with van der Waals surface area (Å²) < 4.78 is 0. The summed E-state index contributed by atoms with van der Waals surface area (Å²) in [5.41, 5.74) is 3.23. The highest BCUT2D eigenvalue weighted by Crippen LogP contribution is 2.50. The molecule has 4 rings (SSSR count). The highest BCUT2D eigenvalue weighted by atomic mass is 32.2. The highest BCUT2D eigenvalue weighted by Gasteiger charge is 2.38. The molecule has 1 amide bonds. The summed E-state index contributed by atoms with van der Waals surface area (Å²) >= 11 is 3.16. The van der Waals surface area contributed by atoms with Crippen LogP contribution in [0.4, 0.5) is 17.1 Å². The SMILES string of the molecule is CCN1C(=O)/C(=C2/Sc3ccccc3N2CC)SC1=Nc1ccc(N(CC)CC)cc1. The monoisotopic (exact) mass is 452 g/mol.